The average molecular weight is 282 g/mol. The Kier molecular flexibility index (Phi) is 5.16. The molecule has 1 unspecified atom stereocenters. The predicted molar refractivity (Wildman–Crippen MR) is 82.0 cm³/mol. The van der Waals surface area contributed by atoms with Crippen molar-refractivity contribution in [3.63, 3.8) is 0 Å². The second kappa shape index (κ2) is 6.20. The van der Waals surface area contributed by atoms with Crippen molar-refractivity contribution in [3.05, 3.63) is 24.3 Å². The number of hydrogen-bond acceptors (Lipinski definition) is 3. The number of nitrogens with two attached hydrogens (primary N) is 1. The fourth-order valence-corrected chi connectivity index (χ4v) is 2.04. The van der Waals surface area contributed by atoms with Gasteiger partial charge in [0, 0.05) is 10.6 Å². The lowest BCUT2D eigenvalue weighted by molar-refractivity contribution is -0.121. The third kappa shape index (κ3) is 3.23. The van der Waals surface area contributed by atoms with Crippen LogP contribution in [0.4, 0.5) is 5.69 Å². The molecule has 5 heteroatoms. The van der Waals surface area contributed by atoms with E-state index in [1.165, 1.54) is 0 Å². The lowest BCUT2D eigenvalue weighted by Crippen LogP contribution is -2.43. The highest BCUT2D eigenvalue weighted by molar-refractivity contribution is 7.98. The molecule has 0 radical (unpaired) electrons. The lowest BCUT2D eigenvalue weighted by Gasteiger charge is -2.25. The highest BCUT2D eigenvalue weighted by atomic mass is 32.2. The SMILES string of the molecule is CCC(C)(C(=O)Nc1ccc(SC)cc1)C(N)=S. The number of amides is 1. The van der Waals surface area contributed by atoms with Crippen LogP contribution < -0.4 is 11.1 Å². The Morgan fingerprint density at radius 2 is 2.00 bits per heavy atom. The van der Waals surface area contributed by atoms with Crippen molar-refractivity contribution in [1.29, 1.82) is 0 Å². The molecule has 1 aromatic carbocycles. The van der Waals surface area contributed by atoms with Crippen molar-refractivity contribution in [1.82, 2.24) is 0 Å². The molecule has 1 amide bonds. The van der Waals surface area contributed by atoms with Gasteiger partial charge in [-0.1, -0.05) is 19.1 Å². The van der Waals surface area contributed by atoms with Crippen LogP contribution >= 0.6 is 24.0 Å². The third-order valence-electron chi connectivity index (χ3n) is 3.10. The predicted octanol–water partition coefficient (Wildman–Crippen LogP) is 3.05. The smallest absolute Gasteiger partial charge is 0.237 e. The summed E-state index contributed by atoms with van der Waals surface area (Å²) in [6, 6.07) is 7.67. The number of carbonyl (C=O) groups is 1. The monoisotopic (exact) mass is 282 g/mol. The van der Waals surface area contributed by atoms with E-state index in [0.29, 0.717) is 6.42 Å². The third-order valence-corrected chi connectivity index (χ3v) is 4.29. The maximum atomic E-state index is 12.2. The van der Waals surface area contributed by atoms with Gasteiger partial charge < -0.3 is 11.1 Å². The van der Waals surface area contributed by atoms with Crippen molar-refractivity contribution >= 4 is 40.6 Å². The Balaban J connectivity index is 2.83. The van der Waals surface area contributed by atoms with Crippen LogP contribution in [0.1, 0.15) is 20.3 Å². The number of nitrogens with one attached hydrogen (secondary N) is 1. The lowest BCUT2D eigenvalue weighted by atomic mass is 9.86. The van der Waals surface area contributed by atoms with E-state index in [9.17, 15) is 4.79 Å². The van der Waals surface area contributed by atoms with Gasteiger partial charge in [0.25, 0.3) is 0 Å². The molecule has 0 heterocycles. The minimum absolute atomic E-state index is 0.158. The molecule has 0 spiro atoms. The molecule has 0 saturated carbocycles. The van der Waals surface area contributed by atoms with Crippen molar-refractivity contribution in [2.24, 2.45) is 11.1 Å². The summed E-state index contributed by atoms with van der Waals surface area (Å²) in [6.45, 7) is 3.66. The summed E-state index contributed by atoms with van der Waals surface area (Å²) in [6.07, 6.45) is 2.59. The van der Waals surface area contributed by atoms with E-state index in [1.807, 2.05) is 37.4 Å². The van der Waals surface area contributed by atoms with E-state index in [2.05, 4.69) is 5.32 Å². The average Bonchev–Trinajstić information content (AvgIpc) is 2.38. The van der Waals surface area contributed by atoms with Crippen LogP contribution in [-0.4, -0.2) is 17.2 Å². The molecule has 98 valence electrons. The van der Waals surface area contributed by atoms with Crippen LogP contribution in [0.5, 0.6) is 0 Å². The second-order valence-electron chi connectivity index (χ2n) is 4.23. The van der Waals surface area contributed by atoms with E-state index < -0.39 is 5.41 Å². The minimum Gasteiger partial charge on any atom is -0.392 e. The quantitative estimate of drug-likeness (QED) is 0.644. The fraction of sp³-hybridized carbons (Fsp3) is 0.385. The Morgan fingerprint density at radius 3 is 2.39 bits per heavy atom. The Bertz CT molecular complexity index is 445. The molecule has 1 atom stereocenters. The zero-order chi connectivity index (χ0) is 13.8. The number of thioether (sulfide) groups is 1. The van der Waals surface area contributed by atoms with E-state index >= 15 is 0 Å². The Hall–Kier alpha value is -1.07. The van der Waals surface area contributed by atoms with Crippen molar-refractivity contribution in [3.8, 4) is 0 Å². The van der Waals surface area contributed by atoms with Crippen LogP contribution in [0.3, 0.4) is 0 Å². The fourth-order valence-electron chi connectivity index (χ4n) is 1.39. The van der Waals surface area contributed by atoms with Gasteiger partial charge in [-0.3, -0.25) is 4.79 Å². The highest BCUT2D eigenvalue weighted by Crippen LogP contribution is 2.25. The summed E-state index contributed by atoms with van der Waals surface area (Å²) in [5.74, 6) is -0.158. The summed E-state index contributed by atoms with van der Waals surface area (Å²) < 4.78 is 0. The molecule has 0 saturated heterocycles. The molecule has 0 fully saturated rings. The van der Waals surface area contributed by atoms with Crippen LogP contribution in [0.2, 0.25) is 0 Å². The van der Waals surface area contributed by atoms with E-state index in [0.717, 1.165) is 10.6 Å². The first-order valence-electron chi connectivity index (χ1n) is 5.69. The molecule has 3 N–H and O–H groups in total. The van der Waals surface area contributed by atoms with Crippen LogP contribution in [-0.2, 0) is 4.79 Å². The van der Waals surface area contributed by atoms with Gasteiger partial charge in [0.05, 0.1) is 10.4 Å². The standard InChI is InChI=1S/C13H18N2OS2/c1-4-13(2,11(14)17)12(16)15-9-5-7-10(18-3)8-6-9/h5-8H,4H2,1-3H3,(H2,14,17)(H,15,16). The molecular weight excluding hydrogens is 264 g/mol. The molecule has 0 aromatic heterocycles. The van der Waals surface area contributed by atoms with Crippen molar-refractivity contribution in [2.45, 2.75) is 25.2 Å². The summed E-state index contributed by atoms with van der Waals surface area (Å²) >= 11 is 6.63. The molecule has 0 aliphatic carbocycles. The van der Waals surface area contributed by atoms with Gasteiger partial charge in [-0.2, -0.15) is 0 Å². The number of anilines is 1. The van der Waals surface area contributed by atoms with Gasteiger partial charge in [-0.05, 0) is 43.9 Å². The van der Waals surface area contributed by atoms with E-state index in [-0.39, 0.29) is 10.9 Å². The maximum Gasteiger partial charge on any atom is 0.237 e. The summed E-state index contributed by atoms with van der Waals surface area (Å²) in [5, 5.41) is 2.85. The van der Waals surface area contributed by atoms with E-state index in [1.54, 1.807) is 18.7 Å². The summed E-state index contributed by atoms with van der Waals surface area (Å²) in [7, 11) is 0. The molecule has 1 aromatic rings. The first-order valence-corrected chi connectivity index (χ1v) is 7.32. The number of benzene rings is 1. The van der Waals surface area contributed by atoms with Gasteiger partial charge >= 0.3 is 0 Å². The van der Waals surface area contributed by atoms with Crippen molar-refractivity contribution in [2.75, 3.05) is 11.6 Å². The first-order chi connectivity index (χ1) is 8.43. The number of rotatable bonds is 5. The first kappa shape index (κ1) is 15.0. The number of carbonyl (C=O) groups excluding carboxylic acids is 1. The van der Waals surface area contributed by atoms with Gasteiger partial charge in [-0.25, -0.2) is 0 Å². The van der Waals surface area contributed by atoms with Crippen molar-refractivity contribution < 1.29 is 4.79 Å². The molecule has 0 aliphatic rings. The minimum atomic E-state index is -0.798. The van der Waals surface area contributed by atoms with Crippen LogP contribution in [0, 0.1) is 5.41 Å². The molecule has 3 nitrogen and oxygen atoms in total. The summed E-state index contributed by atoms with van der Waals surface area (Å²) in [5.41, 5.74) is 5.61. The van der Waals surface area contributed by atoms with Gasteiger partial charge in [0.15, 0.2) is 0 Å². The van der Waals surface area contributed by atoms with E-state index in [4.69, 9.17) is 18.0 Å². The van der Waals surface area contributed by atoms with Gasteiger partial charge in [-0.15, -0.1) is 11.8 Å². The molecule has 1 rings (SSSR count). The van der Waals surface area contributed by atoms with Gasteiger partial charge in [0.1, 0.15) is 0 Å². The largest absolute Gasteiger partial charge is 0.392 e. The summed E-state index contributed by atoms with van der Waals surface area (Å²) in [4.78, 5) is 13.6. The maximum absolute atomic E-state index is 12.2. The van der Waals surface area contributed by atoms with Crippen LogP contribution in [0.15, 0.2) is 29.2 Å². The molecule has 0 bridgehead atoms. The Labute approximate surface area is 118 Å². The zero-order valence-corrected chi connectivity index (χ0v) is 12.5. The topological polar surface area (TPSA) is 55.1 Å². The highest BCUT2D eigenvalue weighted by Gasteiger charge is 2.34. The van der Waals surface area contributed by atoms with Crippen LogP contribution in [0.25, 0.3) is 0 Å². The molecule has 0 aliphatic heterocycles. The molecular formula is C13H18N2OS2. The zero-order valence-electron chi connectivity index (χ0n) is 10.8. The second-order valence-corrected chi connectivity index (χ2v) is 5.55. The normalized spacial score (nSPS) is 13.7. The Morgan fingerprint density at radius 1 is 1.44 bits per heavy atom. The number of hydrogen-bond donors (Lipinski definition) is 2. The number of thiocarbonyl (C=S) groups is 1. The molecule has 18 heavy (non-hydrogen) atoms. The van der Waals surface area contributed by atoms with Gasteiger partial charge in [0.2, 0.25) is 5.91 Å².